The number of carbonyl (C=O) groups is 1. The molecule has 1 N–H and O–H groups in total. The summed E-state index contributed by atoms with van der Waals surface area (Å²) in [7, 11) is 1.98. The maximum atomic E-state index is 13.4. The van der Waals surface area contributed by atoms with Crippen molar-refractivity contribution < 1.29 is 18.5 Å². The van der Waals surface area contributed by atoms with Crippen molar-refractivity contribution in [2.45, 2.75) is 32.0 Å². The number of benzene rings is 1. The van der Waals surface area contributed by atoms with Gasteiger partial charge in [0.1, 0.15) is 18.3 Å². The van der Waals surface area contributed by atoms with Crippen molar-refractivity contribution in [3.63, 3.8) is 0 Å². The molecule has 6 nitrogen and oxygen atoms in total. The van der Waals surface area contributed by atoms with Crippen LogP contribution in [0.2, 0.25) is 5.02 Å². The predicted molar refractivity (Wildman–Crippen MR) is 110 cm³/mol. The van der Waals surface area contributed by atoms with Gasteiger partial charge in [-0.25, -0.2) is 5.01 Å². The molecule has 7 heteroatoms. The molecule has 2 aromatic heterocycles. The Kier molecular flexibility index (Phi) is 5.56. The van der Waals surface area contributed by atoms with E-state index in [9.17, 15) is 4.79 Å². The third-order valence-corrected chi connectivity index (χ3v) is 5.58. The lowest BCUT2D eigenvalue weighted by Gasteiger charge is -2.26. The summed E-state index contributed by atoms with van der Waals surface area (Å²) in [6, 6.07) is 14.4. The first kappa shape index (κ1) is 19.5. The van der Waals surface area contributed by atoms with Crippen LogP contribution in [0.5, 0.6) is 0 Å². The van der Waals surface area contributed by atoms with E-state index in [-0.39, 0.29) is 18.0 Å². The number of likely N-dealkylation sites (N-methyl/N-ethyl adjacent to an activating group) is 1. The summed E-state index contributed by atoms with van der Waals surface area (Å²) in [4.78, 5) is 14.4. The fourth-order valence-corrected chi connectivity index (χ4v) is 3.61. The smallest absolute Gasteiger partial charge is 0.301 e. The van der Waals surface area contributed by atoms with E-state index in [1.54, 1.807) is 17.5 Å². The second-order valence-corrected chi connectivity index (χ2v) is 7.73. The zero-order valence-electron chi connectivity index (χ0n) is 16.3. The van der Waals surface area contributed by atoms with Crippen molar-refractivity contribution in [1.82, 2.24) is 5.01 Å². The van der Waals surface area contributed by atoms with Crippen molar-refractivity contribution >= 4 is 23.2 Å². The van der Waals surface area contributed by atoms with Gasteiger partial charge >= 0.3 is 5.91 Å². The number of furan rings is 2. The predicted octanol–water partition coefficient (Wildman–Crippen LogP) is 3.31. The van der Waals surface area contributed by atoms with Crippen LogP contribution in [0, 0.1) is 0 Å². The van der Waals surface area contributed by atoms with Gasteiger partial charge in [0, 0.05) is 11.4 Å². The van der Waals surface area contributed by atoms with E-state index in [4.69, 9.17) is 20.4 Å². The molecule has 3 aromatic rings. The SMILES string of the molecule is C[C@@H](C(=O)N1N=C(c2ccc(Cl)cc2)C[C@H]1c1ccco1)[NH+](C)Cc1ccco1. The van der Waals surface area contributed by atoms with Crippen molar-refractivity contribution in [3.8, 4) is 0 Å². The Bertz CT molecular complexity index is 981. The minimum atomic E-state index is -0.300. The third-order valence-electron chi connectivity index (χ3n) is 5.33. The highest BCUT2D eigenvalue weighted by molar-refractivity contribution is 6.30. The standard InChI is InChI=1S/C22H22ClN3O3/c1-15(25(2)14-18-5-3-11-28-18)22(27)26-20(21-6-4-12-29-21)13-19(24-26)16-7-9-17(23)10-8-16/h3-12,15,20H,13-14H2,1-2H3/p+1/t15-,20-/m0/s1. The minimum Gasteiger partial charge on any atom is -0.467 e. The van der Waals surface area contributed by atoms with Crippen molar-refractivity contribution in [2.75, 3.05) is 7.05 Å². The number of hydrogen-bond donors (Lipinski definition) is 1. The molecule has 1 amide bonds. The average Bonchev–Trinajstić information content (AvgIpc) is 3.48. The summed E-state index contributed by atoms with van der Waals surface area (Å²) in [5, 5.41) is 6.92. The zero-order valence-corrected chi connectivity index (χ0v) is 17.1. The number of amides is 1. The molecule has 0 bridgehead atoms. The van der Waals surface area contributed by atoms with Gasteiger partial charge in [0.15, 0.2) is 11.8 Å². The van der Waals surface area contributed by atoms with Crippen LogP contribution in [0.3, 0.4) is 0 Å². The average molecular weight is 413 g/mol. The lowest BCUT2D eigenvalue weighted by molar-refractivity contribution is -0.909. The van der Waals surface area contributed by atoms with Crippen LogP contribution in [-0.2, 0) is 11.3 Å². The summed E-state index contributed by atoms with van der Waals surface area (Å²) in [6.45, 7) is 2.53. The lowest BCUT2D eigenvalue weighted by Crippen LogP contribution is -3.12. The van der Waals surface area contributed by atoms with Gasteiger partial charge in [-0.15, -0.1) is 0 Å². The van der Waals surface area contributed by atoms with E-state index in [2.05, 4.69) is 5.10 Å². The first-order valence-electron chi connectivity index (χ1n) is 9.57. The molecule has 0 radical (unpaired) electrons. The minimum absolute atomic E-state index is 0.0561. The number of hydrazone groups is 1. The van der Waals surface area contributed by atoms with E-state index in [1.807, 2.05) is 62.5 Å². The van der Waals surface area contributed by atoms with E-state index in [1.165, 1.54) is 0 Å². The molecule has 1 aliphatic heterocycles. The van der Waals surface area contributed by atoms with Crippen LogP contribution in [0.1, 0.15) is 36.5 Å². The van der Waals surface area contributed by atoms with Gasteiger partial charge < -0.3 is 13.7 Å². The molecule has 1 unspecified atom stereocenters. The number of halogens is 1. The summed E-state index contributed by atoms with van der Waals surface area (Å²) in [5.74, 6) is 1.51. The van der Waals surface area contributed by atoms with Crippen LogP contribution in [-0.4, -0.2) is 29.7 Å². The molecule has 29 heavy (non-hydrogen) atoms. The fourth-order valence-electron chi connectivity index (χ4n) is 3.48. The van der Waals surface area contributed by atoms with Crippen molar-refractivity contribution in [2.24, 2.45) is 5.10 Å². The second-order valence-electron chi connectivity index (χ2n) is 7.30. The maximum Gasteiger partial charge on any atom is 0.301 e. The zero-order chi connectivity index (χ0) is 20.4. The molecule has 3 atom stereocenters. The summed E-state index contributed by atoms with van der Waals surface area (Å²) in [5.41, 5.74) is 1.79. The molecule has 0 aliphatic carbocycles. The van der Waals surface area contributed by atoms with Crippen LogP contribution >= 0.6 is 11.6 Å². The van der Waals surface area contributed by atoms with Crippen LogP contribution in [0.15, 0.2) is 75.0 Å². The van der Waals surface area contributed by atoms with Crippen molar-refractivity contribution in [1.29, 1.82) is 0 Å². The number of hydrogen-bond acceptors (Lipinski definition) is 4. The molecular formula is C22H23ClN3O3+. The van der Waals surface area contributed by atoms with E-state index >= 15 is 0 Å². The molecule has 0 fully saturated rings. The van der Waals surface area contributed by atoms with E-state index < -0.39 is 0 Å². The first-order valence-corrected chi connectivity index (χ1v) is 9.95. The van der Waals surface area contributed by atoms with Gasteiger partial charge in [-0.2, -0.15) is 5.10 Å². The summed E-state index contributed by atoms with van der Waals surface area (Å²) in [6.07, 6.45) is 3.85. The van der Waals surface area contributed by atoms with Gasteiger partial charge in [-0.3, -0.25) is 4.79 Å². The maximum absolute atomic E-state index is 13.4. The highest BCUT2D eigenvalue weighted by atomic mass is 35.5. The Balaban J connectivity index is 1.58. The number of nitrogens with zero attached hydrogens (tertiary/aromatic N) is 2. The van der Waals surface area contributed by atoms with Crippen LogP contribution < -0.4 is 4.90 Å². The van der Waals surface area contributed by atoms with Gasteiger partial charge in [0.2, 0.25) is 0 Å². The van der Waals surface area contributed by atoms with Crippen LogP contribution in [0.25, 0.3) is 0 Å². The number of quaternary nitrogens is 1. The molecular weight excluding hydrogens is 390 g/mol. The third kappa shape index (κ3) is 4.13. The summed E-state index contributed by atoms with van der Waals surface area (Å²) < 4.78 is 11.0. The molecule has 150 valence electrons. The quantitative estimate of drug-likeness (QED) is 0.675. The van der Waals surface area contributed by atoms with E-state index in [0.29, 0.717) is 18.0 Å². The van der Waals surface area contributed by atoms with Gasteiger partial charge in [-0.05, 0) is 48.9 Å². The molecule has 0 saturated carbocycles. The fraction of sp³-hybridized carbons (Fsp3) is 0.273. The highest BCUT2D eigenvalue weighted by Gasteiger charge is 2.39. The molecule has 4 rings (SSSR count). The molecule has 0 saturated heterocycles. The Hall–Kier alpha value is -2.83. The molecule has 3 heterocycles. The largest absolute Gasteiger partial charge is 0.467 e. The molecule has 1 aromatic carbocycles. The Morgan fingerprint density at radius 3 is 2.59 bits per heavy atom. The van der Waals surface area contributed by atoms with Gasteiger partial charge in [-0.1, -0.05) is 23.7 Å². The van der Waals surface area contributed by atoms with Crippen molar-refractivity contribution in [3.05, 3.63) is 83.2 Å². The number of carbonyl (C=O) groups excluding carboxylic acids is 1. The second kappa shape index (κ2) is 8.27. The normalized spacial score (nSPS) is 18.5. The lowest BCUT2D eigenvalue weighted by atomic mass is 10.0. The topological polar surface area (TPSA) is 63.4 Å². The Morgan fingerprint density at radius 2 is 1.93 bits per heavy atom. The van der Waals surface area contributed by atoms with Gasteiger partial charge in [0.25, 0.3) is 0 Å². The highest BCUT2D eigenvalue weighted by Crippen LogP contribution is 2.33. The number of rotatable bonds is 6. The Morgan fingerprint density at radius 1 is 1.21 bits per heavy atom. The van der Waals surface area contributed by atoms with E-state index in [0.717, 1.165) is 27.7 Å². The monoisotopic (exact) mass is 412 g/mol. The van der Waals surface area contributed by atoms with Gasteiger partial charge in [0.05, 0.1) is 25.3 Å². The number of nitrogens with one attached hydrogen (secondary N) is 1. The summed E-state index contributed by atoms with van der Waals surface area (Å²) >= 11 is 6.01. The molecule has 0 spiro atoms. The Labute approximate surface area is 174 Å². The van der Waals surface area contributed by atoms with Crippen LogP contribution in [0.4, 0.5) is 0 Å². The first-order chi connectivity index (χ1) is 14.0. The molecule has 1 aliphatic rings.